The van der Waals surface area contributed by atoms with Crippen molar-refractivity contribution in [1.82, 2.24) is 0 Å². The second-order valence-electron chi connectivity index (χ2n) is 3.46. The normalized spacial score (nSPS) is 9.89. The Morgan fingerprint density at radius 2 is 1.72 bits per heavy atom. The Labute approximate surface area is 106 Å². The number of benzene rings is 1. The Balaban J connectivity index is 0.000000357. The Bertz CT molecular complexity index is 725. The fraction of sp³-hybridized carbons (Fsp3) is 0.167. The highest BCUT2D eigenvalue weighted by molar-refractivity contribution is 7.98. The molecule has 0 fully saturated rings. The van der Waals surface area contributed by atoms with Crippen LogP contribution in [0.25, 0.3) is 10.8 Å². The number of rotatable bonds is 1. The van der Waals surface area contributed by atoms with Crippen LogP contribution in [0.3, 0.4) is 0 Å². The molecule has 0 unspecified atom stereocenters. The molecule has 0 aliphatic carbocycles. The van der Waals surface area contributed by atoms with E-state index in [1.807, 2.05) is 6.26 Å². The van der Waals surface area contributed by atoms with Crippen molar-refractivity contribution in [2.45, 2.75) is 11.8 Å². The lowest BCUT2D eigenvalue weighted by Gasteiger charge is -1.93. The second-order valence-corrected chi connectivity index (χ2v) is 4.34. The molecule has 0 aliphatic heterocycles. The van der Waals surface area contributed by atoms with Gasteiger partial charge in [0, 0.05) is 22.6 Å². The average Bonchev–Trinajstić information content (AvgIpc) is 2.53. The van der Waals surface area contributed by atoms with Gasteiger partial charge < -0.3 is 5.11 Å². The van der Waals surface area contributed by atoms with Crippen LogP contribution in [0.2, 0.25) is 0 Å². The first-order valence-electron chi connectivity index (χ1n) is 4.94. The first-order valence-corrected chi connectivity index (χ1v) is 6.16. The van der Waals surface area contributed by atoms with Crippen LogP contribution in [-0.2, 0) is 4.79 Å². The standard InChI is InChI=1S/C10H7NO2S.C2H4O2/c1-14-5-2-3-6-7(4-5)10(13)8(11)9(6)12;1-2(3)4/h2-4,11H,1H3;1H3,(H,3,4). The van der Waals surface area contributed by atoms with Crippen molar-refractivity contribution in [3.05, 3.63) is 44.0 Å². The third kappa shape index (κ3) is 2.84. The van der Waals surface area contributed by atoms with Crippen molar-refractivity contribution in [3.63, 3.8) is 0 Å². The zero-order valence-electron chi connectivity index (χ0n) is 9.81. The quantitative estimate of drug-likeness (QED) is 0.741. The topological polar surface area (TPSA) is 95.3 Å². The summed E-state index contributed by atoms with van der Waals surface area (Å²) in [4.78, 5) is 32.7. The lowest BCUT2D eigenvalue weighted by atomic mass is 10.2. The Hall–Kier alpha value is -1.95. The summed E-state index contributed by atoms with van der Waals surface area (Å²) in [5, 5.41) is 15.0. The molecule has 0 saturated carbocycles. The van der Waals surface area contributed by atoms with Gasteiger partial charge in [-0.3, -0.25) is 19.8 Å². The van der Waals surface area contributed by atoms with Gasteiger partial charge in [-0.15, -0.1) is 11.8 Å². The summed E-state index contributed by atoms with van der Waals surface area (Å²) in [5.74, 6) is -0.833. The molecule has 5 nitrogen and oxygen atoms in total. The van der Waals surface area contributed by atoms with Gasteiger partial charge in [0.1, 0.15) is 0 Å². The SMILES string of the molecule is CC(=O)O.CSc1ccc2c(=O)c(=N)c(=O)c2c1. The van der Waals surface area contributed by atoms with Gasteiger partial charge in [0.15, 0.2) is 5.36 Å². The predicted octanol–water partition coefficient (Wildman–Crippen LogP) is 0.728. The molecule has 0 radical (unpaired) electrons. The van der Waals surface area contributed by atoms with Gasteiger partial charge >= 0.3 is 0 Å². The number of fused-ring (bicyclic) bond motifs is 1. The zero-order chi connectivity index (χ0) is 13.9. The molecule has 0 saturated heterocycles. The van der Waals surface area contributed by atoms with Crippen molar-refractivity contribution in [1.29, 1.82) is 5.41 Å². The number of aliphatic carboxylic acids is 1. The van der Waals surface area contributed by atoms with Gasteiger partial charge in [0.25, 0.3) is 5.97 Å². The summed E-state index contributed by atoms with van der Waals surface area (Å²) in [7, 11) is 0. The van der Waals surface area contributed by atoms with Crippen LogP contribution in [0.1, 0.15) is 6.92 Å². The highest BCUT2D eigenvalue weighted by Crippen LogP contribution is 2.17. The molecule has 0 bridgehead atoms. The monoisotopic (exact) mass is 265 g/mol. The number of thioether (sulfide) groups is 1. The van der Waals surface area contributed by atoms with E-state index in [1.54, 1.807) is 18.2 Å². The molecule has 2 rings (SSSR count). The van der Waals surface area contributed by atoms with Gasteiger partial charge in [-0.2, -0.15) is 0 Å². The summed E-state index contributed by atoms with van der Waals surface area (Å²) in [6, 6.07) is 5.07. The van der Waals surface area contributed by atoms with Crippen LogP contribution >= 0.6 is 11.8 Å². The van der Waals surface area contributed by atoms with Crippen LogP contribution in [0, 0.1) is 5.41 Å². The van der Waals surface area contributed by atoms with E-state index in [1.165, 1.54) is 11.8 Å². The number of carboxylic acids is 1. The molecule has 0 heterocycles. The molecule has 94 valence electrons. The van der Waals surface area contributed by atoms with Crippen molar-refractivity contribution in [2.24, 2.45) is 0 Å². The second kappa shape index (κ2) is 5.59. The Morgan fingerprint density at radius 1 is 1.22 bits per heavy atom. The molecule has 18 heavy (non-hydrogen) atoms. The van der Waals surface area contributed by atoms with E-state index in [-0.39, 0.29) is 0 Å². The van der Waals surface area contributed by atoms with Crippen LogP contribution in [0.4, 0.5) is 0 Å². The van der Waals surface area contributed by atoms with Crippen molar-refractivity contribution >= 4 is 28.5 Å². The number of hydrogen-bond donors (Lipinski definition) is 2. The molecule has 0 aliphatic rings. The lowest BCUT2D eigenvalue weighted by molar-refractivity contribution is -0.134. The summed E-state index contributed by atoms with van der Waals surface area (Å²) >= 11 is 1.51. The summed E-state index contributed by atoms with van der Waals surface area (Å²) < 4.78 is 0. The molecule has 2 N–H and O–H groups in total. The Morgan fingerprint density at radius 3 is 2.22 bits per heavy atom. The van der Waals surface area contributed by atoms with Gasteiger partial charge in [-0.1, -0.05) is 0 Å². The number of carbonyl (C=O) groups is 1. The van der Waals surface area contributed by atoms with Crippen LogP contribution in [0.15, 0.2) is 32.7 Å². The lowest BCUT2D eigenvalue weighted by Crippen LogP contribution is -2.29. The summed E-state index contributed by atoms with van der Waals surface area (Å²) in [6.45, 7) is 1.08. The van der Waals surface area contributed by atoms with E-state index >= 15 is 0 Å². The summed E-state index contributed by atoms with van der Waals surface area (Å²) in [5.41, 5.74) is -0.918. The number of carboxylic acid groups (broad SMARTS) is 1. The molecular weight excluding hydrogens is 254 g/mol. The van der Waals surface area contributed by atoms with Crippen molar-refractivity contribution < 1.29 is 9.90 Å². The fourth-order valence-corrected chi connectivity index (χ4v) is 1.85. The first-order chi connectivity index (χ1) is 8.38. The maximum atomic E-state index is 11.4. The molecule has 2 aromatic rings. The van der Waals surface area contributed by atoms with E-state index in [2.05, 4.69) is 0 Å². The minimum Gasteiger partial charge on any atom is -0.481 e. The largest absolute Gasteiger partial charge is 0.481 e. The first kappa shape index (κ1) is 14.1. The average molecular weight is 265 g/mol. The van der Waals surface area contributed by atoms with Crippen molar-refractivity contribution in [3.8, 4) is 0 Å². The maximum absolute atomic E-state index is 11.4. The Kier molecular flexibility index (Phi) is 4.38. The van der Waals surface area contributed by atoms with E-state index in [0.717, 1.165) is 11.8 Å². The fourth-order valence-electron chi connectivity index (χ4n) is 1.41. The van der Waals surface area contributed by atoms with Crippen LogP contribution in [-0.4, -0.2) is 17.3 Å². The van der Waals surface area contributed by atoms with Crippen LogP contribution < -0.4 is 16.2 Å². The maximum Gasteiger partial charge on any atom is 0.300 e. The van der Waals surface area contributed by atoms with E-state index in [9.17, 15) is 9.59 Å². The molecule has 0 spiro atoms. The van der Waals surface area contributed by atoms with E-state index in [0.29, 0.717) is 10.8 Å². The van der Waals surface area contributed by atoms with E-state index < -0.39 is 22.2 Å². The minimum absolute atomic E-state index is 0.359. The molecule has 0 amide bonds. The van der Waals surface area contributed by atoms with E-state index in [4.69, 9.17) is 15.3 Å². The highest BCUT2D eigenvalue weighted by Gasteiger charge is 2.09. The number of hydrogen-bond acceptors (Lipinski definition) is 5. The molecule has 6 heteroatoms. The third-order valence-corrected chi connectivity index (χ3v) is 2.90. The van der Waals surface area contributed by atoms with Gasteiger partial charge in [-0.25, -0.2) is 0 Å². The highest BCUT2D eigenvalue weighted by atomic mass is 32.2. The minimum atomic E-state index is -0.833. The zero-order valence-corrected chi connectivity index (χ0v) is 10.6. The predicted molar refractivity (Wildman–Crippen MR) is 69.8 cm³/mol. The molecule has 0 aromatic heterocycles. The van der Waals surface area contributed by atoms with Gasteiger partial charge in [0.2, 0.25) is 10.9 Å². The number of nitrogens with one attached hydrogen (secondary N) is 1. The van der Waals surface area contributed by atoms with Crippen LogP contribution in [0.5, 0.6) is 0 Å². The third-order valence-electron chi connectivity index (χ3n) is 2.17. The van der Waals surface area contributed by atoms with Crippen molar-refractivity contribution in [2.75, 3.05) is 6.26 Å². The summed E-state index contributed by atoms with van der Waals surface area (Å²) in [6.07, 6.45) is 1.90. The molecule has 2 aromatic carbocycles. The molecule has 0 atom stereocenters. The van der Waals surface area contributed by atoms with Gasteiger partial charge in [-0.05, 0) is 24.5 Å². The molecular formula is C12H11NO4S. The smallest absolute Gasteiger partial charge is 0.300 e. The van der Waals surface area contributed by atoms with Gasteiger partial charge in [0.05, 0.1) is 0 Å².